The van der Waals surface area contributed by atoms with Crippen LogP contribution in [0.4, 0.5) is 10.1 Å². The zero-order chi connectivity index (χ0) is 17.4. The van der Waals surface area contributed by atoms with Gasteiger partial charge in [-0.15, -0.1) is 11.3 Å². The van der Waals surface area contributed by atoms with Gasteiger partial charge in [0.15, 0.2) is 10.6 Å². The van der Waals surface area contributed by atoms with E-state index in [0.29, 0.717) is 5.69 Å². The molecule has 2 aromatic heterocycles. The first-order valence-electron chi connectivity index (χ1n) is 8.12. The molecular weight excluding hydrogens is 335 g/mol. The van der Waals surface area contributed by atoms with Crippen molar-refractivity contribution < 1.29 is 8.81 Å². The first kappa shape index (κ1) is 15.8. The Morgan fingerprint density at radius 3 is 2.60 bits per heavy atom. The van der Waals surface area contributed by atoms with Crippen LogP contribution >= 0.6 is 11.3 Å². The van der Waals surface area contributed by atoms with E-state index in [1.54, 1.807) is 18.2 Å². The normalized spacial score (nSPS) is 12.4. The zero-order valence-electron chi connectivity index (χ0n) is 13.9. The summed E-state index contributed by atoms with van der Waals surface area (Å²) in [5.41, 5.74) is 2.15. The minimum absolute atomic E-state index is 0.167. The van der Waals surface area contributed by atoms with Crippen LogP contribution in [-0.2, 0) is 0 Å². The van der Waals surface area contributed by atoms with Crippen LogP contribution < -0.4 is 4.80 Å². The lowest BCUT2D eigenvalue weighted by Crippen LogP contribution is -2.17. The Morgan fingerprint density at radius 2 is 1.84 bits per heavy atom. The minimum Gasteiger partial charge on any atom is -0.454 e. The number of aromatic nitrogens is 1. The number of rotatable bonds is 3. The Labute approximate surface area is 148 Å². The molecule has 0 radical (unpaired) electrons. The molecule has 0 unspecified atom stereocenters. The van der Waals surface area contributed by atoms with Crippen LogP contribution in [0.3, 0.4) is 0 Å². The van der Waals surface area contributed by atoms with Crippen molar-refractivity contribution >= 4 is 28.0 Å². The second-order valence-electron chi connectivity index (χ2n) is 6.08. The molecule has 2 aromatic carbocycles. The number of thiazole rings is 1. The molecule has 0 atom stereocenters. The van der Waals surface area contributed by atoms with E-state index in [4.69, 9.17) is 4.42 Å². The van der Waals surface area contributed by atoms with Gasteiger partial charge in [0.2, 0.25) is 0 Å². The van der Waals surface area contributed by atoms with E-state index in [1.165, 1.54) is 17.4 Å². The Hall–Kier alpha value is -2.66. The van der Waals surface area contributed by atoms with Crippen LogP contribution in [-0.4, -0.2) is 4.57 Å². The summed E-state index contributed by atoms with van der Waals surface area (Å²) in [7, 11) is 0. The Morgan fingerprint density at radius 1 is 1.08 bits per heavy atom. The fourth-order valence-electron chi connectivity index (χ4n) is 2.83. The average molecular weight is 352 g/mol. The number of fused-ring (bicyclic) bond motifs is 1. The summed E-state index contributed by atoms with van der Waals surface area (Å²) >= 11 is 1.48. The average Bonchev–Trinajstić information content (AvgIpc) is 3.20. The number of hydrogen-bond donors (Lipinski definition) is 0. The first-order chi connectivity index (χ1) is 12.1. The largest absolute Gasteiger partial charge is 0.454 e. The lowest BCUT2D eigenvalue weighted by Gasteiger charge is -2.11. The number of furan rings is 1. The highest BCUT2D eigenvalue weighted by Gasteiger charge is 2.15. The number of halogens is 1. The molecule has 0 aliphatic heterocycles. The van der Waals surface area contributed by atoms with Crippen molar-refractivity contribution in [1.82, 2.24) is 4.57 Å². The molecule has 3 nitrogen and oxygen atoms in total. The fourth-order valence-corrected chi connectivity index (χ4v) is 3.86. The summed E-state index contributed by atoms with van der Waals surface area (Å²) in [6, 6.07) is 16.7. The minimum atomic E-state index is -0.323. The van der Waals surface area contributed by atoms with Crippen LogP contribution in [0.2, 0.25) is 0 Å². The lowest BCUT2D eigenvalue weighted by atomic mass is 10.2. The van der Waals surface area contributed by atoms with Crippen molar-refractivity contribution in [3.05, 3.63) is 70.6 Å². The maximum atomic E-state index is 14.0. The Bertz CT molecular complexity index is 1070. The summed E-state index contributed by atoms with van der Waals surface area (Å²) in [6.07, 6.45) is 0. The van der Waals surface area contributed by atoms with Crippen molar-refractivity contribution in [1.29, 1.82) is 0 Å². The molecule has 4 rings (SSSR count). The zero-order valence-corrected chi connectivity index (χ0v) is 14.8. The summed E-state index contributed by atoms with van der Waals surface area (Å²) in [5.74, 6) is 0.470. The molecule has 126 valence electrons. The third kappa shape index (κ3) is 2.91. The van der Waals surface area contributed by atoms with Crippen molar-refractivity contribution in [3.8, 4) is 11.5 Å². The van der Waals surface area contributed by atoms with Crippen molar-refractivity contribution in [2.75, 3.05) is 0 Å². The fraction of sp³-hybridized carbons (Fsp3) is 0.150. The van der Waals surface area contributed by atoms with E-state index < -0.39 is 0 Å². The van der Waals surface area contributed by atoms with E-state index in [0.717, 1.165) is 27.2 Å². The number of nitrogens with zero attached hydrogens (tertiary/aromatic N) is 2. The molecule has 0 spiro atoms. The molecule has 25 heavy (non-hydrogen) atoms. The summed E-state index contributed by atoms with van der Waals surface area (Å²) in [5, 5.41) is 3.07. The molecule has 0 aliphatic rings. The topological polar surface area (TPSA) is 30.4 Å². The molecule has 0 bridgehead atoms. The molecular formula is C20H17FN2OS. The van der Waals surface area contributed by atoms with Gasteiger partial charge < -0.3 is 8.98 Å². The van der Waals surface area contributed by atoms with Crippen molar-refractivity contribution in [2.24, 2.45) is 4.99 Å². The SMILES string of the molecule is CC(C)n1c(-c2cc3ccccc3o2)csc1=Nc1ccccc1F. The third-order valence-corrected chi connectivity index (χ3v) is 4.84. The highest BCUT2D eigenvalue weighted by Crippen LogP contribution is 2.30. The number of hydrogen-bond acceptors (Lipinski definition) is 3. The van der Waals surface area contributed by atoms with Gasteiger partial charge in [0.05, 0.1) is 5.69 Å². The predicted molar refractivity (Wildman–Crippen MR) is 99.5 cm³/mol. The van der Waals surface area contributed by atoms with Gasteiger partial charge in [0, 0.05) is 16.8 Å². The Balaban J connectivity index is 1.90. The van der Waals surface area contributed by atoms with Gasteiger partial charge in [0.1, 0.15) is 17.1 Å². The monoisotopic (exact) mass is 352 g/mol. The molecule has 0 N–H and O–H groups in total. The highest BCUT2D eigenvalue weighted by atomic mass is 32.1. The van der Waals surface area contributed by atoms with Crippen LogP contribution in [0, 0.1) is 5.82 Å². The Kier molecular flexibility index (Phi) is 4.01. The predicted octanol–water partition coefficient (Wildman–Crippen LogP) is 5.92. The molecule has 0 amide bonds. The number of para-hydroxylation sites is 2. The van der Waals surface area contributed by atoms with Gasteiger partial charge in [-0.05, 0) is 38.1 Å². The molecule has 0 aliphatic carbocycles. The van der Waals surface area contributed by atoms with Crippen LogP contribution in [0.5, 0.6) is 0 Å². The van der Waals surface area contributed by atoms with Gasteiger partial charge in [-0.25, -0.2) is 9.38 Å². The summed E-state index contributed by atoms with van der Waals surface area (Å²) in [4.78, 5) is 5.27. The lowest BCUT2D eigenvalue weighted by molar-refractivity contribution is 0.566. The molecule has 2 heterocycles. The molecule has 0 saturated carbocycles. The van der Waals surface area contributed by atoms with E-state index in [1.807, 2.05) is 35.7 Å². The van der Waals surface area contributed by atoms with E-state index in [9.17, 15) is 4.39 Å². The van der Waals surface area contributed by atoms with Crippen molar-refractivity contribution in [2.45, 2.75) is 19.9 Å². The van der Waals surface area contributed by atoms with Crippen LogP contribution in [0.15, 0.2) is 69.4 Å². The van der Waals surface area contributed by atoms with Gasteiger partial charge in [-0.2, -0.15) is 0 Å². The molecule has 0 saturated heterocycles. The van der Waals surface area contributed by atoms with Gasteiger partial charge >= 0.3 is 0 Å². The second kappa shape index (κ2) is 6.33. The third-order valence-electron chi connectivity index (χ3n) is 4.00. The van der Waals surface area contributed by atoms with Crippen LogP contribution in [0.25, 0.3) is 22.4 Å². The second-order valence-corrected chi connectivity index (χ2v) is 6.92. The molecule has 0 fully saturated rings. The van der Waals surface area contributed by atoms with Gasteiger partial charge in [0.25, 0.3) is 0 Å². The van der Waals surface area contributed by atoms with E-state index in [2.05, 4.69) is 23.4 Å². The maximum Gasteiger partial charge on any atom is 0.190 e. The van der Waals surface area contributed by atoms with E-state index in [-0.39, 0.29) is 11.9 Å². The van der Waals surface area contributed by atoms with Crippen molar-refractivity contribution in [3.63, 3.8) is 0 Å². The van der Waals surface area contributed by atoms with Crippen LogP contribution in [0.1, 0.15) is 19.9 Å². The number of benzene rings is 2. The highest BCUT2D eigenvalue weighted by molar-refractivity contribution is 7.07. The summed E-state index contributed by atoms with van der Waals surface area (Å²) in [6.45, 7) is 4.17. The molecule has 4 aromatic rings. The first-order valence-corrected chi connectivity index (χ1v) is 8.99. The smallest absolute Gasteiger partial charge is 0.190 e. The quantitative estimate of drug-likeness (QED) is 0.450. The summed E-state index contributed by atoms with van der Waals surface area (Å²) < 4.78 is 22.0. The standard InChI is InChI=1S/C20H17FN2OS/c1-13(2)23-17(19-11-14-7-3-6-10-18(14)24-19)12-25-20(23)22-16-9-5-4-8-15(16)21/h3-13H,1-2H3. The maximum absolute atomic E-state index is 14.0. The van der Waals surface area contributed by atoms with E-state index >= 15 is 0 Å². The van der Waals surface area contributed by atoms with Gasteiger partial charge in [-0.3, -0.25) is 0 Å². The molecule has 5 heteroatoms. The van der Waals surface area contributed by atoms with Gasteiger partial charge in [-0.1, -0.05) is 30.3 Å².